The van der Waals surface area contributed by atoms with Gasteiger partial charge < -0.3 is 9.64 Å². The summed E-state index contributed by atoms with van der Waals surface area (Å²) < 4.78 is 5.16. The third-order valence-corrected chi connectivity index (χ3v) is 2.89. The highest BCUT2D eigenvalue weighted by Gasteiger charge is 2.05. The number of ether oxygens (including phenoxy) is 1. The van der Waals surface area contributed by atoms with Gasteiger partial charge in [-0.15, -0.1) is 0 Å². The van der Waals surface area contributed by atoms with Crippen molar-refractivity contribution in [3.05, 3.63) is 35.9 Å². The fourth-order valence-electron chi connectivity index (χ4n) is 1.87. The molecule has 1 aliphatic heterocycles. The lowest BCUT2D eigenvalue weighted by Crippen LogP contribution is -2.35. The summed E-state index contributed by atoms with van der Waals surface area (Å²) in [5.74, 6) is 0. The van der Waals surface area contributed by atoms with E-state index in [9.17, 15) is 0 Å². The maximum absolute atomic E-state index is 5.16. The van der Waals surface area contributed by atoms with Crippen LogP contribution in [0.3, 0.4) is 0 Å². The minimum absolute atomic E-state index is 0.924. The Morgan fingerprint density at radius 2 is 1.72 bits per heavy atom. The molecule has 0 atom stereocenters. The summed E-state index contributed by atoms with van der Waals surface area (Å²) in [4.78, 5) is 4.55. The van der Waals surface area contributed by atoms with Gasteiger partial charge in [0.05, 0.1) is 13.2 Å². The van der Waals surface area contributed by atoms with E-state index in [-0.39, 0.29) is 0 Å². The number of likely N-dealkylation sites (N-methyl/N-ethyl adjacent to an activating group) is 1. The van der Waals surface area contributed by atoms with E-state index in [1.165, 1.54) is 12.1 Å². The number of hydrogen-bond acceptors (Lipinski definition) is 3. The molecule has 0 amide bonds. The maximum Gasteiger partial charge on any atom is 0.0594 e. The van der Waals surface area contributed by atoms with Crippen LogP contribution in [0.2, 0.25) is 0 Å². The van der Waals surface area contributed by atoms with Crippen LogP contribution in [0.25, 0.3) is 0 Å². The van der Waals surface area contributed by atoms with E-state index >= 15 is 0 Å². The van der Waals surface area contributed by atoms with Gasteiger partial charge in [-0.2, -0.15) is 0 Å². The molecule has 0 aromatic heterocycles. The molecular formula is C15H26N2O. The molecule has 0 saturated carbocycles. The predicted molar refractivity (Wildman–Crippen MR) is 76.8 cm³/mol. The van der Waals surface area contributed by atoms with E-state index in [1.54, 1.807) is 0 Å². The minimum Gasteiger partial charge on any atom is -0.379 e. The zero-order valence-electron chi connectivity index (χ0n) is 11.9. The fourth-order valence-corrected chi connectivity index (χ4v) is 1.87. The van der Waals surface area contributed by atoms with E-state index < -0.39 is 0 Å². The summed E-state index contributed by atoms with van der Waals surface area (Å²) in [7, 11) is 4.15. The number of hydrogen-bond donors (Lipinski definition) is 0. The van der Waals surface area contributed by atoms with Crippen molar-refractivity contribution in [3.63, 3.8) is 0 Å². The van der Waals surface area contributed by atoms with Crippen molar-refractivity contribution in [1.82, 2.24) is 9.80 Å². The van der Waals surface area contributed by atoms with Crippen molar-refractivity contribution in [2.75, 3.05) is 46.9 Å². The minimum atomic E-state index is 0.924. The van der Waals surface area contributed by atoms with Crippen molar-refractivity contribution in [3.8, 4) is 0 Å². The Kier molecular flexibility index (Phi) is 7.65. The molecule has 0 N–H and O–H groups in total. The Balaban J connectivity index is 0.000000184. The summed E-state index contributed by atoms with van der Waals surface area (Å²) in [6.45, 7) is 8.48. The first kappa shape index (κ1) is 15.2. The molecule has 0 aliphatic carbocycles. The topological polar surface area (TPSA) is 15.7 Å². The molecule has 0 unspecified atom stereocenters. The standard InChI is InChI=1S/C9H13N.C6H13NO/c1-10(2)8-9-6-4-3-5-7-9;1-2-7-3-5-8-6-4-7/h3-7H,8H2,1-2H3;2-6H2,1H3. The maximum atomic E-state index is 5.16. The second-order valence-corrected chi connectivity index (χ2v) is 4.77. The molecule has 0 radical (unpaired) electrons. The Labute approximate surface area is 111 Å². The molecule has 1 aliphatic rings. The third kappa shape index (κ3) is 6.74. The zero-order valence-corrected chi connectivity index (χ0v) is 11.9. The first-order chi connectivity index (χ1) is 8.72. The monoisotopic (exact) mass is 250 g/mol. The molecule has 0 spiro atoms. The molecule has 1 aromatic carbocycles. The molecule has 1 heterocycles. The van der Waals surface area contributed by atoms with Crippen LogP contribution in [-0.2, 0) is 11.3 Å². The first-order valence-corrected chi connectivity index (χ1v) is 6.71. The highest BCUT2D eigenvalue weighted by molar-refractivity contribution is 5.14. The second-order valence-electron chi connectivity index (χ2n) is 4.77. The number of rotatable bonds is 3. The van der Waals surface area contributed by atoms with E-state index in [0.29, 0.717) is 0 Å². The van der Waals surface area contributed by atoms with Crippen molar-refractivity contribution in [2.45, 2.75) is 13.5 Å². The van der Waals surface area contributed by atoms with Gasteiger partial charge in [0.15, 0.2) is 0 Å². The van der Waals surface area contributed by atoms with Crippen LogP contribution in [0.4, 0.5) is 0 Å². The van der Waals surface area contributed by atoms with E-state index in [2.05, 4.69) is 55.1 Å². The van der Waals surface area contributed by atoms with Crippen LogP contribution in [0.1, 0.15) is 12.5 Å². The van der Waals surface area contributed by atoms with Gasteiger partial charge in [0.2, 0.25) is 0 Å². The normalized spacial score (nSPS) is 16.2. The lowest BCUT2D eigenvalue weighted by Gasteiger charge is -2.24. The lowest BCUT2D eigenvalue weighted by molar-refractivity contribution is 0.0405. The molecule has 102 valence electrons. The SMILES string of the molecule is CCN1CCOCC1.CN(C)Cc1ccccc1. The smallest absolute Gasteiger partial charge is 0.0594 e. The van der Waals surface area contributed by atoms with Gasteiger partial charge in [0, 0.05) is 19.6 Å². The zero-order chi connectivity index (χ0) is 13.2. The Bertz CT molecular complexity index is 295. The van der Waals surface area contributed by atoms with Crippen LogP contribution in [0, 0.1) is 0 Å². The summed E-state index contributed by atoms with van der Waals surface area (Å²) in [6, 6.07) is 10.5. The van der Waals surface area contributed by atoms with Gasteiger partial charge >= 0.3 is 0 Å². The van der Waals surface area contributed by atoms with Crippen LogP contribution in [0.5, 0.6) is 0 Å². The van der Waals surface area contributed by atoms with Gasteiger partial charge in [-0.3, -0.25) is 4.90 Å². The van der Waals surface area contributed by atoms with Gasteiger partial charge in [-0.25, -0.2) is 0 Å². The Hall–Kier alpha value is -0.900. The molecular weight excluding hydrogens is 224 g/mol. The van der Waals surface area contributed by atoms with Crippen LogP contribution < -0.4 is 0 Å². The van der Waals surface area contributed by atoms with Crippen LogP contribution in [-0.4, -0.2) is 56.7 Å². The number of benzene rings is 1. The molecule has 1 saturated heterocycles. The van der Waals surface area contributed by atoms with Crippen LogP contribution >= 0.6 is 0 Å². The second kappa shape index (κ2) is 9.09. The summed E-state index contributed by atoms with van der Waals surface area (Å²) in [6.07, 6.45) is 0. The predicted octanol–water partition coefficient (Wildman–Crippen LogP) is 2.09. The molecule has 1 aromatic rings. The molecule has 0 bridgehead atoms. The van der Waals surface area contributed by atoms with Gasteiger partial charge in [0.1, 0.15) is 0 Å². The first-order valence-electron chi connectivity index (χ1n) is 6.71. The summed E-state index contributed by atoms with van der Waals surface area (Å²) in [5, 5.41) is 0. The molecule has 3 nitrogen and oxygen atoms in total. The van der Waals surface area contributed by atoms with Crippen molar-refractivity contribution < 1.29 is 4.74 Å². The van der Waals surface area contributed by atoms with E-state index in [4.69, 9.17) is 4.74 Å². The van der Waals surface area contributed by atoms with Crippen LogP contribution in [0.15, 0.2) is 30.3 Å². The number of morpholine rings is 1. The third-order valence-electron chi connectivity index (χ3n) is 2.89. The van der Waals surface area contributed by atoms with Gasteiger partial charge in [-0.1, -0.05) is 37.3 Å². The Morgan fingerprint density at radius 1 is 1.11 bits per heavy atom. The quantitative estimate of drug-likeness (QED) is 0.817. The van der Waals surface area contributed by atoms with Gasteiger partial charge in [0.25, 0.3) is 0 Å². The van der Waals surface area contributed by atoms with Gasteiger partial charge in [-0.05, 0) is 26.2 Å². The van der Waals surface area contributed by atoms with Crippen molar-refractivity contribution in [1.29, 1.82) is 0 Å². The largest absolute Gasteiger partial charge is 0.379 e. The molecule has 3 heteroatoms. The highest BCUT2D eigenvalue weighted by atomic mass is 16.5. The molecule has 2 rings (SSSR count). The lowest BCUT2D eigenvalue weighted by atomic mass is 10.2. The van der Waals surface area contributed by atoms with E-state index in [1.807, 2.05) is 6.07 Å². The summed E-state index contributed by atoms with van der Waals surface area (Å²) >= 11 is 0. The average Bonchev–Trinajstić information content (AvgIpc) is 2.41. The molecule has 18 heavy (non-hydrogen) atoms. The molecule has 1 fully saturated rings. The van der Waals surface area contributed by atoms with Crippen molar-refractivity contribution in [2.24, 2.45) is 0 Å². The summed E-state index contributed by atoms with van der Waals surface area (Å²) in [5.41, 5.74) is 1.37. The fraction of sp³-hybridized carbons (Fsp3) is 0.600. The van der Waals surface area contributed by atoms with Crippen molar-refractivity contribution >= 4 is 0 Å². The number of nitrogens with zero attached hydrogens (tertiary/aromatic N) is 2. The Morgan fingerprint density at radius 3 is 2.17 bits per heavy atom. The van der Waals surface area contributed by atoms with E-state index in [0.717, 1.165) is 32.8 Å². The average molecular weight is 250 g/mol. The highest BCUT2D eigenvalue weighted by Crippen LogP contribution is 1.99.